The number of hydrogen-bond donors (Lipinski definition) is 9. The standard InChI is InChI=1S/C50H68O21/c1-5-12-32(46(59)60)66-44-38(55)35(21-52)69-50(45(44)70-47(61)28-13-8-7-9-14-28)67-33-18-26(17-27(6-2)42(33)71-49-40(57)39(56)36(53)25(4)65-49)22-63-48-41(58)43(37(54)34(20-51)68-48)62-23-30-19-29-15-10-11-16-31(29)64-24(30)3/h7-11,13-16,19,25-27,32-45,48-58H,3,5-6,12,17-18,20-23H2,1-2,4H3,(H,59,60)/t25?,26?,27?,32-,33+,34?,35-,36+,37+,38-,39-,40?,41?,42+,43?,44?,45?,48-,49-,50+/m0/s1. The lowest BCUT2D eigenvalue weighted by Crippen LogP contribution is -2.64. The van der Waals surface area contributed by atoms with Crippen molar-refractivity contribution in [2.45, 2.75) is 163 Å². The van der Waals surface area contributed by atoms with Crippen molar-refractivity contribution in [3.63, 3.8) is 0 Å². The summed E-state index contributed by atoms with van der Waals surface area (Å²) in [5.41, 5.74) is 1.42. The fourth-order valence-electron chi connectivity index (χ4n) is 9.73. The Morgan fingerprint density at radius 3 is 2.08 bits per heavy atom. The van der Waals surface area contributed by atoms with Gasteiger partial charge in [0, 0.05) is 11.1 Å². The van der Waals surface area contributed by atoms with E-state index in [1.807, 2.05) is 31.2 Å². The van der Waals surface area contributed by atoms with Crippen molar-refractivity contribution in [3.8, 4) is 5.75 Å². The summed E-state index contributed by atoms with van der Waals surface area (Å²) >= 11 is 0. The van der Waals surface area contributed by atoms with E-state index in [1.54, 1.807) is 31.2 Å². The molecule has 9 unspecified atom stereocenters. The van der Waals surface area contributed by atoms with Crippen LogP contribution in [-0.4, -0.2) is 195 Å². The summed E-state index contributed by atoms with van der Waals surface area (Å²) in [6.45, 7) is 7.38. The zero-order chi connectivity index (χ0) is 51.1. The molecule has 0 amide bonds. The number of carboxylic acids is 1. The van der Waals surface area contributed by atoms with E-state index >= 15 is 0 Å². The van der Waals surface area contributed by atoms with E-state index in [2.05, 4.69) is 6.58 Å². The highest BCUT2D eigenvalue weighted by Gasteiger charge is 2.54. The van der Waals surface area contributed by atoms with Crippen LogP contribution in [0.5, 0.6) is 5.75 Å². The van der Waals surface area contributed by atoms with Gasteiger partial charge in [-0.3, -0.25) is 0 Å². The van der Waals surface area contributed by atoms with E-state index in [9.17, 15) is 55.5 Å². The minimum absolute atomic E-state index is 0.0112. The zero-order valence-electron chi connectivity index (χ0n) is 39.8. The molecule has 2 aromatic rings. The maximum atomic E-state index is 13.8. The maximum absolute atomic E-state index is 13.8. The number of fused-ring (bicyclic) bond motifs is 1. The molecular formula is C50H68O21. The van der Waals surface area contributed by atoms with E-state index in [-0.39, 0.29) is 31.6 Å². The van der Waals surface area contributed by atoms with E-state index in [1.165, 1.54) is 19.1 Å². The SMILES string of the molecule is C=C1Oc2ccccc2C=C1COC1C(O)[C@@H](OCC2CC(CC)[C@@H](O[C@@H]3OC(C)[C@@H](O)[C@H](O)C3O)[C@H](O[C@@H]3O[C@@H](CO)[C@H](O)C(O[C@@H](CCC)C(=O)O)C3OC(=O)c3ccccc3)C2)OC(CO)[C@H]1O. The molecular weight excluding hydrogens is 937 g/mol. The molecule has 0 aromatic heterocycles. The number of aliphatic hydroxyl groups excluding tert-OH is 8. The topological polar surface area (TPSA) is 309 Å². The van der Waals surface area contributed by atoms with Crippen molar-refractivity contribution < 1.29 is 103 Å². The van der Waals surface area contributed by atoms with Gasteiger partial charge in [0.2, 0.25) is 0 Å². The van der Waals surface area contributed by atoms with Gasteiger partial charge >= 0.3 is 11.9 Å². The van der Waals surface area contributed by atoms with Gasteiger partial charge in [-0.05, 0) is 62.3 Å². The number of rotatable bonds is 20. The van der Waals surface area contributed by atoms with Crippen LogP contribution in [0.4, 0.5) is 0 Å². The third kappa shape index (κ3) is 12.7. The molecule has 3 saturated heterocycles. The Morgan fingerprint density at radius 2 is 1.41 bits per heavy atom. The van der Waals surface area contributed by atoms with Gasteiger partial charge in [0.25, 0.3) is 0 Å². The van der Waals surface area contributed by atoms with E-state index in [4.69, 9.17) is 47.4 Å². The van der Waals surface area contributed by atoms with Crippen LogP contribution in [-0.2, 0) is 47.4 Å². The largest absolute Gasteiger partial charge is 0.479 e. The van der Waals surface area contributed by atoms with Gasteiger partial charge < -0.3 is 93.3 Å². The Hall–Kier alpha value is -3.98. The van der Waals surface area contributed by atoms with Crippen molar-refractivity contribution in [1.29, 1.82) is 0 Å². The molecule has 9 N–H and O–H groups in total. The quantitative estimate of drug-likeness (QED) is 0.0829. The van der Waals surface area contributed by atoms with Gasteiger partial charge in [-0.2, -0.15) is 0 Å². The summed E-state index contributed by atoms with van der Waals surface area (Å²) in [5.74, 6) is -2.25. The highest BCUT2D eigenvalue weighted by Crippen LogP contribution is 2.41. The molecule has 394 valence electrons. The number of para-hydroxylation sites is 1. The summed E-state index contributed by atoms with van der Waals surface area (Å²) in [4.78, 5) is 26.2. The van der Waals surface area contributed by atoms with Crippen LogP contribution in [0.3, 0.4) is 0 Å². The molecule has 0 radical (unpaired) electrons. The molecule has 2 aromatic carbocycles. The number of hydrogen-bond acceptors (Lipinski definition) is 20. The molecule has 0 spiro atoms. The minimum Gasteiger partial charge on any atom is -0.479 e. The molecule has 21 heteroatoms. The Kier molecular flexibility index (Phi) is 19.2. The lowest BCUT2D eigenvalue weighted by molar-refractivity contribution is -0.351. The Balaban J connectivity index is 1.16. The third-order valence-corrected chi connectivity index (χ3v) is 13.8. The molecule has 4 fully saturated rings. The van der Waals surface area contributed by atoms with Gasteiger partial charge in [-0.1, -0.05) is 69.7 Å². The van der Waals surface area contributed by atoms with Gasteiger partial charge in [0.15, 0.2) is 31.1 Å². The van der Waals surface area contributed by atoms with Crippen LogP contribution >= 0.6 is 0 Å². The second-order valence-electron chi connectivity index (χ2n) is 18.7. The number of carbonyl (C=O) groups excluding carboxylic acids is 1. The first-order valence-electron chi connectivity index (χ1n) is 24.2. The molecule has 71 heavy (non-hydrogen) atoms. The fourth-order valence-corrected chi connectivity index (χ4v) is 9.73. The average Bonchev–Trinajstić information content (AvgIpc) is 3.36. The molecule has 7 rings (SSSR count). The Morgan fingerprint density at radius 1 is 0.732 bits per heavy atom. The normalized spacial score (nSPS) is 37.8. The highest BCUT2D eigenvalue weighted by molar-refractivity contribution is 5.89. The smallest absolute Gasteiger partial charge is 0.338 e. The van der Waals surface area contributed by atoms with Gasteiger partial charge in [-0.15, -0.1) is 0 Å². The predicted molar refractivity (Wildman–Crippen MR) is 245 cm³/mol. The van der Waals surface area contributed by atoms with Crippen LogP contribution in [0, 0.1) is 11.8 Å². The first-order chi connectivity index (χ1) is 34.1. The number of carboxylic acid groups (broad SMARTS) is 1. The van der Waals surface area contributed by atoms with E-state index in [0.717, 1.165) is 5.56 Å². The van der Waals surface area contributed by atoms with E-state index < -0.39 is 147 Å². The highest BCUT2D eigenvalue weighted by atomic mass is 16.8. The van der Waals surface area contributed by atoms with Gasteiger partial charge in [0.1, 0.15) is 72.5 Å². The van der Waals surface area contributed by atoms with Crippen molar-refractivity contribution in [2.75, 3.05) is 26.4 Å². The number of esters is 1. The summed E-state index contributed by atoms with van der Waals surface area (Å²) < 4.78 is 61.3. The van der Waals surface area contributed by atoms with Crippen LogP contribution in [0.1, 0.15) is 68.8 Å². The first-order valence-corrected chi connectivity index (χ1v) is 24.2. The molecule has 4 aliphatic heterocycles. The number of benzene rings is 2. The zero-order valence-corrected chi connectivity index (χ0v) is 39.8. The molecule has 5 aliphatic rings. The summed E-state index contributed by atoms with van der Waals surface area (Å²) in [7, 11) is 0. The second-order valence-corrected chi connectivity index (χ2v) is 18.7. The molecule has 4 heterocycles. The summed E-state index contributed by atoms with van der Waals surface area (Å²) in [6, 6.07) is 15.1. The molecule has 1 saturated carbocycles. The number of carbonyl (C=O) groups is 2. The first kappa shape index (κ1) is 54.8. The van der Waals surface area contributed by atoms with Crippen LogP contribution in [0.25, 0.3) is 6.08 Å². The number of aliphatic carboxylic acids is 1. The van der Waals surface area contributed by atoms with Crippen molar-refractivity contribution in [3.05, 3.63) is 83.6 Å². The van der Waals surface area contributed by atoms with Crippen molar-refractivity contribution >= 4 is 18.0 Å². The summed E-state index contributed by atoms with van der Waals surface area (Å²) in [6.07, 6.45) is -23.0. The molecule has 21 nitrogen and oxygen atoms in total. The van der Waals surface area contributed by atoms with Crippen LogP contribution in [0.2, 0.25) is 0 Å². The monoisotopic (exact) mass is 1000 g/mol. The van der Waals surface area contributed by atoms with Crippen molar-refractivity contribution in [2.24, 2.45) is 11.8 Å². The Labute approximate surface area is 411 Å². The lowest BCUT2D eigenvalue weighted by atomic mass is 9.76. The van der Waals surface area contributed by atoms with Gasteiger partial charge in [0.05, 0.1) is 50.3 Å². The molecule has 0 bridgehead atoms. The molecule has 1 aliphatic carbocycles. The Bertz CT molecular complexity index is 2090. The third-order valence-electron chi connectivity index (χ3n) is 13.8. The van der Waals surface area contributed by atoms with Crippen LogP contribution < -0.4 is 4.74 Å². The number of ether oxygens (including phenoxy) is 10. The predicted octanol–water partition coefficient (Wildman–Crippen LogP) is 0.793. The lowest BCUT2D eigenvalue weighted by Gasteiger charge is -2.49. The minimum atomic E-state index is -1.73. The molecule has 20 atom stereocenters. The average molecular weight is 1010 g/mol. The maximum Gasteiger partial charge on any atom is 0.338 e. The van der Waals surface area contributed by atoms with Crippen molar-refractivity contribution in [1.82, 2.24) is 0 Å². The van der Waals surface area contributed by atoms with E-state index in [0.29, 0.717) is 36.3 Å². The van der Waals surface area contributed by atoms with Gasteiger partial charge in [-0.25, -0.2) is 9.59 Å². The number of aliphatic hydroxyl groups is 8. The van der Waals surface area contributed by atoms with Crippen LogP contribution in [0.15, 0.2) is 72.5 Å². The summed E-state index contributed by atoms with van der Waals surface area (Å²) in [5, 5.41) is 97.6. The second kappa shape index (κ2) is 24.8. The fraction of sp³-hybridized carbons (Fsp3) is 0.640.